The molecule has 2 aromatic rings. The molecule has 0 aliphatic heterocycles. The molecule has 0 fully saturated rings. The van der Waals surface area contributed by atoms with Gasteiger partial charge in [0.05, 0.1) is 22.9 Å². The minimum atomic E-state index is -0.159. The van der Waals surface area contributed by atoms with Crippen LogP contribution in [0.5, 0.6) is 0 Å². The van der Waals surface area contributed by atoms with E-state index in [1.807, 2.05) is 43.9 Å². The second kappa shape index (κ2) is 8.36. The smallest absolute Gasteiger partial charge is 0.235 e. The number of ether oxygens (including phenoxy) is 1. The first-order chi connectivity index (χ1) is 11.1. The first-order valence-corrected chi connectivity index (χ1v) is 8.89. The number of nitrogens with zero attached hydrogens (tertiary/aromatic N) is 3. The Morgan fingerprint density at radius 1 is 1.35 bits per heavy atom. The average Bonchev–Trinajstić information content (AvgIpc) is 2.91. The largest absolute Gasteiger partial charge is 0.383 e. The Labute approximate surface area is 142 Å². The lowest BCUT2D eigenvalue weighted by atomic mass is 10.3. The number of hydrogen-bond acceptors (Lipinski definition) is 4. The highest BCUT2D eigenvalue weighted by atomic mass is 32.2. The Bertz CT molecular complexity index is 652. The summed E-state index contributed by atoms with van der Waals surface area (Å²) in [5.41, 5.74) is 2.03. The van der Waals surface area contributed by atoms with Crippen LogP contribution in [-0.4, -0.2) is 52.4 Å². The molecule has 0 saturated heterocycles. The van der Waals surface area contributed by atoms with E-state index >= 15 is 0 Å². The van der Waals surface area contributed by atoms with E-state index in [-0.39, 0.29) is 11.2 Å². The molecule has 6 heteroatoms. The van der Waals surface area contributed by atoms with Gasteiger partial charge in [0.25, 0.3) is 0 Å². The van der Waals surface area contributed by atoms with Crippen LogP contribution in [0.15, 0.2) is 29.4 Å². The van der Waals surface area contributed by atoms with Crippen LogP contribution >= 0.6 is 11.8 Å². The molecule has 0 saturated carbocycles. The molecular formula is C17H25N3O2S. The molecule has 23 heavy (non-hydrogen) atoms. The summed E-state index contributed by atoms with van der Waals surface area (Å²) in [7, 11) is 1.69. The fourth-order valence-corrected chi connectivity index (χ4v) is 3.58. The minimum absolute atomic E-state index is 0.158. The maximum absolute atomic E-state index is 12.5. The Kier molecular flexibility index (Phi) is 6.47. The van der Waals surface area contributed by atoms with E-state index in [0.717, 1.165) is 35.8 Å². The molecule has 1 heterocycles. The van der Waals surface area contributed by atoms with Gasteiger partial charge < -0.3 is 14.2 Å². The van der Waals surface area contributed by atoms with Crippen molar-refractivity contribution in [1.82, 2.24) is 14.5 Å². The summed E-state index contributed by atoms with van der Waals surface area (Å²) in [6.45, 7) is 8.78. The lowest BCUT2D eigenvalue weighted by Crippen LogP contribution is -2.36. The zero-order valence-corrected chi connectivity index (χ0v) is 15.1. The highest BCUT2D eigenvalue weighted by Crippen LogP contribution is 2.28. The van der Waals surface area contributed by atoms with Crippen LogP contribution in [0.1, 0.15) is 20.8 Å². The van der Waals surface area contributed by atoms with Gasteiger partial charge in [0.2, 0.25) is 5.91 Å². The maximum atomic E-state index is 12.5. The molecule has 1 atom stereocenters. The fraction of sp³-hybridized carbons (Fsp3) is 0.529. The monoisotopic (exact) mass is 335 g/mol. The number of fused-ring (bicyclic) bond motifs is 1. The molecule has 1 aromatic heterocycles. The van der Waals surface area contributed by atoms with Crippen molar-refractivity contribution in [2.75, 3.05) is 26.8 Å². The Morgan fingerprint density at radius 2 is 2.04 bits per heavy atom. The third-order valence-corrected chi connectivity index (χ3v) is 4.92. The number of hydrogen-bond donors (Lipinski definition) is 0. The van der Waals surface area contributed by atoms with Crippen LogP contribution in [-0.2, 0) is 16.1 Å². The molecule has 0 N–H and O–H groups in total. The molecular weight excluding hydrogens is 310 g/mol. The van der Waals surface area contributed by atoms with E-state index in [1.54, 1.807) is 7.11 Å². The zero-order chi connectivity index (χ0) is 16.8. The summed E-state index contributed by atoms with van der Waals surface area (Å²) in [6, 6.07) is 8.04. The van der Waals surface area contributed by atoms with E-state index < -0.39 is 0 Å². The molecule has 1 aromatic carbocycles. The lowest BCUT2D eigenvalue weighted by Gasteiger charge is -2.22. The van der Waals surface area contributed by atoms with Gasteiger partial charge in [-0.25, -0.2) is 4.98 Å². The van der Waals surface area contributed by atoms with Gasteiger partial charge in [-0.05, 0) is 32.9 Å². The van der Waals surface area contributed by atoms with Gasteiger partial charge in [-0.2, -0.15) is 0 Å². The second-order valence-electron chi connectivity index (χ2n) is 5.30. The average molecular weight is 335 g/mol. The van der Waals surface area contributed by atoms with E-state index in [2.05, 4.69) is 10.6 Å². The first kappa shape index (κ1) is 17.8. The van der Waals surface area contributed by atoms with Crippen LogP contribution in [0.3, 0.4) is 0 Å². The van der Waals surface area contributed by atoms with E-state index in [0.29, 0.717) is 6.61 Å². The fourth-order valence-electron chi connectivity index (χ4n) is 2.54. The second-order valence-corrected chi connectivity index (χ2v) is 6.61. The van der Waals surface area contributed by atoms with Gasteiger partial charge in [-0.1, -0.05) is 23.9 Å². The molecule has 2 rings (SSSR count). The van der Waals surface area contributed by atoms with Crippen molar-refractivity contribution in [3.63, 3.8) is 0 Å². The number of thioether (sulfide) groups is 1. The predicted octanol–water partition coefficient (Wildman–Crippen LogP) is 3.03. The summed E-state index contributed by atoms with van der Waals surface area (Å²) >= 11 is 1.52. The summed E-state index contributed by atoms with van der Waals surface area (Å²) in [5, 5.41) is 0.712. The van der Waals surface area contributed by atoms with Crippen LogP contribution in [0.4, 0.5) is 0 Å². The predicted molar refractivity (Wildman–Crippen MR) is 94.9 cm³/mol. The minimum Gasteiger partial charge on any atom is -0.383 e. The summed E-state index contributed by atoms with van der Waals surface area (Å²) in [5.74, 6) is 0.158. The molecule has 0 aliphatic rings. The maximum Gasteiger partial charge on any atom is 0.235 e. The van der Waals surface area contributed by atoms with Crippen molar-refractivity contribution in [1.29, 1.82) is 0 Å². The van der Waals surface area contributed by atoms with Crippen molar-refractivity contribution in [3.8, 4) is 0 Å². The number of benzene rings is 1. The van der Waals surface area contributed by atoms with Crippen molar-refractivity contribution >= 4 is 28.7 Å². The van der Waals surface area contributed by atoms with E-state index in [1.165, 1.54) is 11.8 Å². The van der Waals surface area contributed by atoms with Crippen LogP contribution in [0.25, 0.3) is 11.0 Å². The highest BCUT2D eigenvalue weighted by Gasteiger charge is 2.22. The van der Waals surface area contributed by atoms with E-state index in [4.69, 9.17) is 9.72 Å². The van der Waals surface area contributed by atoms with Gasteiger partial charge >= 0.3 is 0 Å². The molecule has 1 amide bonds. The molecule has 1 unspecified atom stereocenters. The van der Waals surface area contributed by atoms with Crippen molar-refractivity contribution in [2.24, 2.45) is 0 Å². The summed E-state index contributed by atoms with van der Waals surface area (Å²) in [6.07, 6.45) is 0. The molecule has 0 aliphatic carbocycles. The van der Waals surface area contributed by atoms with Gasteiger partial charge in [0.15, 0.2) is 5.16 Å². The normalized spacial score (nSPS) is 12.5. The number of rotatable bonds is 8. The molecule has 5 nitrogen and oxygen atoms in total. The number of amides is 1. The zero-order valence-electron chi connectivity index (χ0n) is 14.3. The number of methoxy groups -OCH3 is 1. The number of aromatic nitrogens is 2. The topological polar surface area (TPSA) is 47.4 Å². The van der Waals surface area contributed by atoms with Crippen molar-refractivity contribution < 1.29 is 9.53 Å². The van der Waals surface area contributed by atoms with Gasteiger partial charge in [-0.3, -0.25) is 4.79 Å². The Balaban J connectivity index is 2.26. The molecule has 126 valence electrons. The standard InChI is InChI=1S/C17H25N3O2S/c1-5-19(6-2)16(21)13(3)23-17-18-14-9-7-8-10-15(14)20(17)11-12-22-4/h7-10,13H,5-6,11-12H2,1-4H3. The van der Waals surface area contributed by atoms with Gasteiger partial charge in [0, 0.05) is 26.7 Å². The Morgan fingerprint density at radius 3 is 2.70 bits per heavy atom. The van der Waals surface area contributed by atoms with Gasteiger partial charge in [0.1, 0.15) is 0 Å². The molecule has 0 spiro atoms. The number of para-hydroxylation sites is 2. The third-order valence-electron chi connectivity index (χ3n) is 3.84. The third kappa shape index (κ3) is 4.06. The van der Waals surface area contributed by atoms with Crippen molar-refractivity contribution in [3.05, 3.63) is 24.3 Å². The van der Waals surface area contributed by atoms with Crippen molar-refractivity contribution in [2.45, 2.75) is 37.7 Å². The van der Waals surface area contributed by atoms with E-state index in [9.17, 15) is 4.79 Å². The number of carbonyl (C=O) groups excluding carboxylic acids is 1. The molecule has 0 bridgehead atoms. The first-order valence-electron chi connectivity index (χ1n) is 8.02. The quantitative estimate of drug-likeness (QED) is 0.696. The van der Waals surface area contributed by atoms with Crippen LogP contribution < -0.4 is 0 Å². The summed E-state index contributed by atoms with van der Waals surface area (Å²) < 4.78 is 7.35. The van der Waals surface area contributed by atoms with Crippen LogP contribution in [0, 0.1) is 0 Å². The molecule has 0 radical (unpaired) electrons. The Hall–Kier alpha value is -1.53. The SMILES string of the molecule is CCN(CC)C(=O)C(C)Sc1nc2ccccc2n1CCOC. The summed E-state index contributed by atoms with van der Waals surface area (Å²) in [4.78, 5) is 19.1. The number of imidazole rings is 1. The highest BCUT2D eigenvalue weighted by molar-refractivity contribution is 8.00. The van der Waals surface area contributed by atoms with Gasteiger partial charge in [-0.15, -0.1) is 0 Å². The lowest BCUT2D eigenvalue weighted by molar-refractivity contribution is -0.129. The number of carbonyl (C=O) groups is 1. The van der Waals surface area contributed by atoms with Crippen LogP contribution in [0.2, 0.25) is 0 Å².